The van der Waals surface area contributed by atoms with Gasteiger partial charge in [0.05, 0.1) is 0 Å². The molecule has 1 fully saturated rings. The minimum absolute atomic E-state index is 0.269. The summed E-state index contributed by atoms with van der Waals surface area (Å²) in [5.74, 6) is 0.349. The first kappa shape index (κ1) is 12.7. The number of ketones is 1. The van der Waals surface area contributed by atoms with Gasteiger partial charge < -0.3 is 5.73 Å². The van der Waals surface area contributed by atoms with E-state index in [0.717, 1.165) is 18.4 Å². The molecule has 2 rings (SSSR count). The van der Waals surface area contributed by atoms with E-state index in [-0.39, 0.29) is 5.54 Å². The average Bonchev–Trinajstić information content (AvgIpc) is 2.37. The number of carbonyl (C=O) groups is 1. The van der Waals surface area contributed by atoms with E-state index in [4.69, 9.17) is 5.73 Å². The molecule has 0 atom stereocenters. The quantitative estimate of drug-likeness (QED) is 0.735. The van der Waals surface area contributed by atoms with Gasteiger partial charge >= 0.3 is 0 Å². The van der Waals surface area contributed by atoms with Gasteiger partial charge in [-0.3, -0.25) is 4.79 Å². The van der Waals surface area contributed by atoms with Gasteiger partial charge in [0.1, 0.15) is 5.78 Å². The van der Waals surface area contributed by atoms with Crippen molar-refractivity contribution in [3.05, 3.63) is 49.1 Å². The highest BCUT2D eigenvalue weighted by Crippen LogP contribution is 2.32. The van der Waals surface area contributed by atoms with E-state index in [9.17, 15) is 4.79 Å². The largest absolute Gasteiger partial charge is 0.321 e. The summed E-state index contributed by atoms with van der Waals surface area (Å²) < 4.78 is 0. The van der Waals surface area contributed by atoms with Gasteiger partial charge in [0.2, 0.25) is 0 Å². The van der Waals surface area contributed by atoms with E-state index in [1.54, 1.807) is 0 Å². The molecule has 1 aromatic rings. The Balaban J connectivity index is 0.000000606. The van der Waals surface area contributed by atoms with Gasteiger partial charge in [-0.05, 0) is 18.4 Å². The van der Waals surface area contributed by atoms with Crippen molar-refractivity contribution in [3.63, 3.8) is 0 Å². The molecule has 2 heteroatoms. The molecule has 0 heterocycles. The van der Waals surface area contributed by atoms with Crippen LogP contribution in [0.15, 0.2) is 43.5 Å². The molecule has 1 saturated carbocycles. The number of carbonyl (C=O) groups excluding carboxylic acids is 1. The van der Waals surface area contributed by atoms with Gasteiger partial charge in [0, 0.05) is 18.4 Å². The number of hydrogen-bond acceptors (Lipinski definition) is 2. The average molecular weight is 217 g/mol. The number of benzene rings is 1. The molecule has 0 radical (unpaired) electrons. The Morgan fingerprint density at radius 1 is 1.06 bits per heavy atom. The second-order valence-corrected chi connectivity index (χ2v) is 4.06. The van der Waals surface area contributed by atoms with Gasteiger partial charge in [-0.25, -0.2) is 0 Å². The first-order valence-corrected chi connectivity index (χ1v) is 5.57. The Bertz CT molecular complexity index is 335. The number of nitrogens with two attached hydrogens (primary N) is 1. The molecule has 0 saturated heterocycles. The van der Waals surface area contributed by atoms with E-state index in [0.29, 0.717) is 18.6 Å². The zero-order valence-electron chi connectivity index (χ0n) is 9.61. The summed E-state index contributed by atoms with van der Waals surface area (Å²) in [5.41, 5.74) is 7.18. The van der Waals surface area contributed by atoms with Crippen LogP contribution < -0.4 is 5.73 Å². The molecule has 2 N–H and O–H groups in total. The summed E-state index contributed by atoms with van der Waals surface area (Å²) in [6, 6.07) is 10.1. The summed E-state index contributed by atoms with van der Waals surface area (Å²) in [5, 5.41) is 0. The normalized spacial score (nSPS) is 18.4. The van der Waals surface area contributed by atoms with Crippen LogP contribution in [0.2, 0.25) is 0 Å². The highest BCUT2D eigenvalue weighted by molar-refractivity contribution is 5.79. The van der Waals surface area contributed by atoms with Crippen LogP contribution in [-0.4, -0.2) is 5.78 Å². The Kier molecular flexibility index (Phi) is 4.44. The summed E-state index contributed by atoms with van der Waals surface area (Å²) in [6.07, 6.45) is 2.84. The maximum atomic E-state index is 11.1. The number of hydrogen-bond donors (Lipinski definition) is 1. The zero-order valence-corrected chi connectivity index (χ0v) is 9.61. The Morgan fingerprint density at radius 2 is 1.56 bits per heavy atom. The maximum Gasteiger partial charge on any atom is 0.133 e. The lowest BCUT2D eigenvalue weighted by atomic mass is 9.77. The van der Waals surface area contributed by atoms with Crippen molar-refractivity contribution in [3.8, 4) is 0 Å². The van der Waals surface area contributed by atoms with Gasteiger partial charge in [-0.1, -0.05) is 30.3 Å². The zero-order chi connectivity index (χ0) is 12.0. The van der Waals surface area contributed by atoms with E-state index in [2.05, 4.69) is 25.3 Å². The van der Waals surface area contributed by atoms with Crippen LogP contribution in [0.1, 0.15) is 31.2 Å². The lowest BCUT2D eigenvalue weighted by molar-refractivity contribution is -0.121. The highest BCUT2D eigenvalue weighted by atomic mass is 16.1. The van der Waals surface area contributed by atoms with E-state index >= 15 is 0 Å². The predicted molar refractivity (Wildman–Crippen MR) is 67.0 cm³/mol. The second kappa shape index (κ2) is 5.61. The van der Waals surface area contributed by atoms with Gasteiger partial charge in [0.25, 0.3) is 0 Å². The van der Waals surface area contributed by atoms with Crippen LogP contribution in [0.4, 0.5) is 0 Å². The fourth-order valence-electron chi connectivity index (χ4n) is 2.03. The molecular formula is C14H19NO. The molecular weight excluding hydrogens is 198 g/mol. The van der Waals surface area contributed by atoms with Crippen LogP contribution in [0, 0.1) is 0 Å². The SMILES string of the molecule is C=C.NC1(c2ccccc2)CCC(=O)CC1. The minimum Gasteiger partial charge on any atom is -0.321 e. The van der Waals surface area contributed by atoms with Crippen molar-refractivity contribution in [2.75, 3.05) is 0 Å². The number of rotatable bonds is 1. The van der Waals surface area contributed by atoms with E-state index in [1.807, 2.05) is 18.2 Å². The van der Waals surface area contributed by atoms with Crippen molar-refractivity contribution in [2.45, 2.75) is 31.2 Å². The van der Waals surface area contributed by atoms with Crippen LogP contribution in [0.5, 0.6) is 0 Å². The summed E-state index contributed by atoms with van der Waals surface area (Å²) in [4.78, 5) is 11.1. The molecule has 1 aliphatic carbocycles. The summed E-state index contributed by atoms with van der Waals surface area (Å²) in [7, 11) is 0. The standard InChI is InChI=1S/C12H15NO.C2H4/c13-12(8-6-11(14)7-9-12)10-4-2-1-3-5-10;1-2/h1-5H,6-9,13H2;1-2H2. The third kappa shape index (κ3) is 2.80. The topological polar surface area (TPSA) is 43.1 Å². The van der Waals surface area contributed by atoms with Crippen LogP contribution in [-0.2, 0) is 10.3 Å². The van der Waals surface area contributed by atoms with Gasteiger partial charge in [-0.2, -0.15) is 0 Å². The molecule has 1 aliphatic rings. The minimum atomic E-state index is -0.269. The molecule has 0 bridgehead atoms. The van der Waals surface area contributed by atoms with Crippen molar-refractivity contribution >= 4 is 5.78 Å². The Hall–Kier alpha value is -1.41. The third-order valence-electron chi connectivity index (χ3n) is 3.05. The molecule has 0 aromatic heterocycles. The molecule has 1 aromatic carbocycles. The molecule has 0 spiro atoms. The van der Waals surface area contributed by atoms with Crippen LogP contribution >= 0.6 is 0 Å². The molecule has 86 valence electrons. The predicted octanol–water partition coefficient (Wildman–Crippen LogP) is 2.79. The van der Waals surface area contributed by atoms with Crippen molar-refractivity contribution in [1.29, 1.82) is 0 Å². The maximum absolute atomic E-state index is 11.1. The summed E-state index contributed by atoms with van der Waals surface area (Å²) >= 11 is 0. The van der Waals surface area contributed by atoms with E-state index < -0.39 is 0 Å². The molecule has 16 heavy (non-hydrogen) atoms. The van der Waals surface area contributed by atoms with Crippen LogP contribution in [0.3, 0.4) is 0 Å². The molecule has 0 unspecified atom stereocenters. The smallest absolute Gasteiger partial charge is 0.133 e. The van der Waals surface area contributed by atoms with Crippen LogP contribution in [0.25, 0.3) is 0 Å². The fraction of sp³-hybridized carbons (Fsp3) is 0.357. The lowest BCUT2D eigenvalue weighted by Crippen LogP contribution is -2.40. The Morgan fingerprint density at radius 3 is 2.06 bits per heavy atom. The van der Waals surface area contributed by atoms with Crippen molar-refractivity contribution in [1.82, 2.24) is 0 Å². The van der Waals surface area contributed by atoms with E-state index in [1.165, 1.54) is 0 Å². The van der Waals surface area contributed by atoms with Crippen molar-refractivity contribution in [2.24, 2.45) is 5.73 Å². The Labute approximate surface area is 97.2 Å². The second-order valence-electron chi connectivity index (χ2n) is 4.06. The molecule has 0 aliphatic heterocycles. The third-order valence-corrected chi connectivity index (χ3v) is 3.05. The van der Waals surface area contributed by atoms with Crippen molar-refractivity contribution < 1.29 is 4.79 Å². The van der Waals surface area contributed by atoms with Gasteiger partial charge in [0.15, 0.2) is 0 Å². The monoisotopic (exact) mass is 217 g/mol. The molecule has 0 amide bonds. The van der Waals surface area contributed by atoms with Gasteiger partial charge in [-0.15, -0.1) is 13.2 Å². The lowest BCUT2D eigenvalue weighted by Gasteiger charge is -2.33. The number of Topliss-reactive ketones (excluding diaryl/α,β-unsaturated/α-hetero) is 1. The summed E-state index contributed by atoms with van der Waals surface area (Å²) in [6.45, 7) is 6.00. The first-order chi connectivity index (χ1) is 7.71. The highest BCUT2D eigenvalue weighted by Gasteiger charge is 2.31. The first-order valence-electron chi connectivity index (χ1n) is 5.57. The molecule has 2 nitrogen and oxygen atoms in total. The fourth-order valence-corrected chi connectivity index (χ4v) is 2.03.